The van der Waals surface area contributed by atoms with Crippen LogP contribution in [-0.4, -0.2) is 14.1 Å². The highest BCUT2D eigenvalue weighted by Crippen LogP contribution is 2.45. The molecule has 7 aromatic carbocycles. The van der Waals surface area contributed by atoms with E-state index in [0.29, 0.717) is 5.92 Å². The molecular formula is C46H33N3. The summed E-state index contributed by atoms with van der Waals surface area (Å²) in [7, 11) is 0. The zero-order valence-electron chi connectivity index (χ0n) is 27.2. The fourth-order valence-corrected chi connectivity index (χ4v) is 8.26. The molecule has 0 saturated heterocycles. The largest absolute Gasteiger partial charge is 0.310 e. The van der Waals surface area contributed by atoms with Crippen LogP contribution >= 0.6 is 0 Å². The monoisotopic (exact) mass is 627 g/mol. The molecule has 232 valence electrons. The van der Waals surface area contributed by atoms with Gasteiger partial charge in [-0.15, -0.1) is 0 Å². The van der Waals surface area contributed by atoms with E-state index in [1.54, 1.807) is 0 Å². The molecule has 0 amide bonds. The first-order valence-electron chi connectivity index (χ1n) is 17.1. The van der Waals surface area contributed by atoms with Crippen LogP contribution in [0, 0.1) is 0 Å². The van der Waals surface area contributed by atoms with Gasteiger partial charge in [0.25, 0.3) is 0 Å². The molecule has 0 saturated carbocycles. The van der Waals surface area contributed by atoms with Crippen LogP contribution in [0.3, 0.4) is 0 Å². The Labute approximate surface area is 285 Å². The molecule has 1 aliphatic carbocycles. The Bertz CT molecular complexity index is 2700. The van der Waals surface area contributed by atoms with Gasteiger partial charge in [0.15, 0.2) is 0 Å². The molecule has 1 aliphatic rings. The zero-order valence-corrected chi connectivity index (χ0v) is 27.2. The first-order valence-corrected chi connectivity index (χ1v) is 17.1. The van der Waals surface area contributed by atoms with E-state index >= 15 is 0 Å². The lowest BCUT2D eigenvalue weighted by Crippen LogP contribution is -2.03. The van der Waals surface area contributed by atoms with Crippen molar-refractivity contribution in [3.05, 3.63) is 169 Å². The summed E-state index contributed by atoms with van der Waals surface area (Å²) in [4.78, 5) is 5.34. The van der Waals surface area contributed by atoms with Crippen molar-refractivity contribution in [2.24, 2.45) is 0 Å². The molecule has 0 aliphatic heterocycles. The van der Waals surface area contributed by atoms with Gasteiger partial charge in [-0.2, -0.15) is 0 Å². The standard InChI is InChI=1S/C46H33N3/c1-30-15-13-28-42-43(30)38-24-9-11-26-40(38)48(42)33-19-14-16-31(29-33)44-34-20-5-7-22-36(34)45(37-23-8-6-21-35(37)44)46-47-39-25-10-12-27-41(39)49(46)32-17-3-2-4-18-32/h2-14,16-30H,15H2,1H3. The minimum atomic E-state index is 0.481. The van der Waals surface area contributed by atoms with E-state index in [-0.39, 0.29) is 0 Å². The third-order valence-corrected chi connectivity index (χ3v) is 10.3. The van der Waals surface area contributed by atoms with Crippen molar-refractivity contribution in [2.75, 3.05) is 0 Å². The average Bonchev–Trinajstić information content (AvgIpc) is 3.71. The molecule has 10 rings (SSSR count). The van der Waals surface area contributed by atoms with Gasteiger partial charge in [-0.3, -0.25) is 4.57 Å². The molecule has 2 heterocycles. The number of rotatable bonds is 4. The van der Waals surface area contributed by atoms with Crippen LogP contribution in [0.2, 0.25) is 0 Å². The number of para-hydroxylation sites is 4. The second-order valence-corrected chi connectivity index (χ2v) is 13.2. The van der Waals surface area contributed by atoms with Crippen molar-refractivity contribution in [1.29, 1.82) is 0 Å². The van der Waals surface area contributed by atoms with Gasteiger partial charge in [0.1, 0.15) is 5.82 Å². The van der Waals surface area contributed by atoms with Crippen LogP contribution in [0.4, 0.5) is 0 Å². The molecule has 1 atom stereocenters. The summed E-state index contributed by atoms with van der Waals surface area (Å²) < 4.78 is 4.78. The number of fused-ring (bicyclic) bond motifs is 6. The molecule has 2 aromatic heterocycles. The Kier molecular flexibility index (Phi) is 6.22. The van der Waals surface area contributed by atoms with Crippen LogP contribution in [0.1, 0.15) is 30.5 Å². The summed E-state index contributed by atoms with van der Waals surface area (Å²) in [6, 6.07) is 54.8. The fraction of sp³-hybridized carbons (Fsp3) is 0.0652. The number of nitrogens with zero attached hydrogens (tertiary/aromatic N) is 3. The van der Waals surface area contributed by atoms with Gasteiger partial charge in [-0.25, -0.2) is 4.98 Å². The van der Waals surface area contributed by atoms with Gasteiger partial charge in [-0.1, -0.05) is 122 Å². The molecule has 0 radical (unpaired) electrons. The highest BCUT2D eigenvalue weighted by molar-refractivity contribution is 6.21. The van der Waals surface area contributed by atoms with Gasteiger partial charge < -0.3 is 4.57 Å². The highest BCUT2D eigenvalue weighted by Gasteiger charge is 2.25. The number of hydrogen-bond donors (Lipinski definition) is 0. The Balaban J connectivity index is 1.27. The van der Waals surface area contributed by atoms with E-state index < -0.39 is 0 Å². The normalized spacial score (nSPS) is 14.3. The van der Waals surface area contributed by atoms with Crippen LogP contribution in [0.25, 0.3) is 83.4 Å². The maximum absolute atomic E-state index is 5.34. The predicted molar refractivity (Wildman–Crippen MR) is 206 cm³/mol. The fourth-order valence-electron chi connectivity index (χ4n) is 8.26. The summed E-state index contributed by atoms with van der Waals surface area (Å²) in [5.41, 5.74) is 12.0. The molecule has 0 spiro atoms. The van der Waals surface area contributed by atoms with Crippen LogP contribution < -0.4 is 0 Å². The quantitative estimate of drug-likeness (QED) is 0.178. The van der Waals surface area contributed by atoms with Crippen LogP contribution in [-0.2, 0) is 0 Å². The molecule has 9 aromatic rings. The van der Waals surface area contributed by atoms with Gasteiger partial charge in [0.2, 0.25) is 0 Å². The van der Waals surface area contributed by atoms with E-state index in [1.807, 2.05) is 0 Å². The van der Waals surface area contributed by atoms with Gasteiger partial charge in [0, 0.05) is 28.0 Å². The lowest BCUT2D eigenvalue weighted by molar-refractivity contribution is 0.773. The first kappa shape index (κ1) is 27.9. The molecule has 49 heavy (non-hydrogen) atoms. The van der Waals surface area contributed by atoms with Crippen molar-refractivity contribution < 1.29 is 0 Å². The van der Waals surface area contributed by atoms with Crippen molar-refractivity contribution >= 4 is 49.6 Å². The molecule has 0 N–H and O–H groups in total. The topological polar surface area (TPSA) is 22.8 Å². The number of aromatic nitrogens is 3. The highest BCUT2D eigenvalue weighted by atomic mass is 15.1. The SMILES string of the molecule is CC1CC=Cc2c1c1ccccc1n2-c1cccc(-c2c3ccccc3c(-c3nc4ccccc4n3-c3ccccc3)c3ccccc23)c1. The summed E-state index contributed by atoms with van der Waals surface area (Å²) in [5.74, 6) is 1.43. The number of allylic oxidation sites excluding steroid dienone is 1. The summed E-state index contributed by atoms with van der Waals surface area (Å²) >= 11 is 0. The number of hydrogen-bond acceptors (Lipinski definition) is 1. The summed E-state index contributed by atoms with van der Waals surface area (Å²) in [5, 5.41) is 6.16. The van der Waals surface area contributed by atoms with Crippen molar-refractivity contribution in [3.63, 3.8) is 0 Å². The molecule has 1 unspecified atom stereocenters. The Morgan fingerprint density at radius 2 is 1.12 bits per heavy atom. The smallest absolute Gasteiger partial charge is 0.146 e. The van der Waals surface area contributed by atoms with Gasteiger partial charge in [0.05, 0.1) is 16.6 Å². The number of benzene rings is 7. The van der Waals surface area contributed by atoms with Crippen molar-refractivity contribution in [1.82, 2.24) is 14.1 Å². The maximum atomic E-state index is 5.34. The molecule has 0 bridgehead atoms. The molecule has 3 heteroatoms. The van der Waals surface area contributed by atoms with E-state index in [4.69, 9.17) is 4.98 Å². The third-order valence-electron chi connectivity index (χ3n) is 10.3. The van der Waals surface area contributed by atoms with Crippen LogP contribution in [0.5, 0.6) is 0 Å². The van der Waals surface area contributed by atoms with Crippen molar-refractivity contribution in [3.8, 4) is 33.9 Å². The minimum absolute atomic E-state index is 0.481. The Morgan fingerprint density at radius 3 is 1.86 bits per heavy atom. The predicted octanol–water partition coefficient (Wildman–Crippen LogP) is 12.1. The molecule has 0 fully saturated rings. The lowest BCUT2D eigenvalue weighted by Gasteiger charge is -2.19. The van der Waals surface area contributed by atoms with Gasteiger partial charge in [-0.05, 0) is 99.1 Å². The Hall–Kier alpha value is -6.19. The Morgan fingerprint density at radius 1 is 0.531 bits per heavy atom. The van der Waals surface area contributed by atoms with Crippen molar-refractivity contribution in [2.45, 2.75) is 19.3 Å². The average molecular weight is 628 g/mol. The minimum Gasteiger partial charge on any atom is -0.310 e. The molecular weight excluding hydrogens is 595 g/mol. The van der Waals surface area contributed by atoms with E-state index in [9.17, 15) is 0 Å². The third kappa shape index (κ3) is 4.19. The first-order chi connectivity index (χ1) is 24.3. The molecule has 3 nitrogen and oxygen atoms in total. The van der Waals surface area contributed by atoms with E-state index in [2.05, 4.69) is 180 Å². The summed E-state index contributed by atoms with van der Waals surface area (Å²) in [6.07, 6.45) is 5.72. The van der Waals surface area contributed by atoms with Crippen LogP contribution in [0.15, 0.2) is 158 Å². The maximum Gasteiger partial charge on any atom is 0.146 e. The van der Waals surface area contributed by atoms with E-state index in [0.717, 1.165) is 34.5 Å². The zero-order chi connectivity index (χ0) is 32.5. The van der Waals surface area contributed by atoms with Gasteiger partial charge >= 0.3 is 0 Å². The lowest BCUT2D eigenvalue weighted by atomic mass is 9.88. The number of imidazole rings is 1. The summed E-state index contributed by atoms with van der Waals surface area (Å²) in [6.45, 7) is 2.35. The second kappa shape index (κ2) is 10.9. The second-order valence-electron chi connectivity index (χ2n) is 13.2. The van der Waals surface area contributed by atoms with E-state index in [1.165, 1.54) is 60.5 Å².